The Morgan fingerprint density at radius 1 is 0.804 bits per heavy atom. The molecule has 3 atom stereocenters. The molecule has 12 heteroatoms. The maximum Gasteiger partial charge on any atom is 0.355 e. The van der Waals surface area contributed by atoms with E-state index in [1.54, 1.807) is 93.9 Å². The summed E-state index contributed by atoms with van der Waals surface area (Å²) >= 11 is 1.31. The number of rotatable bonds is 12. The topological polar surface area (TPSA) is 130 Å². The summed E-state index contributed by atoms with van der Waals surface area (Å²) in [7, 11) is 4.64. The minimum atomic E-state index is -0.901. The molecule has 2 aliphatic rings. The van der Waals surface area contributed by atoms with Crippen molar-refractivity contribution in [1.29, 1.82) is 0 Å². The molecule has 0 bridgehead atoms. The molecule has 3 aromatic rings. The van der Waals surface area contributed by atoms with Crippen LogP contribution in [0.5, 0.6) is 11.5 Å². The van der Waals surface area contributed by atoms with Crippen molar-refractivity contribution < 1.29 is 42.9 Å². The first-order chi connectivity index (χ1) is 22.2. The van der Waals surface area contributed by atoms with Crippen LogP contribution in [0.3, 0.4) is 0 Å². The Labute approximate surface area is 270 Å². The second-order valence-corrected chi connectivity index (χ2v) is 11.7. The van der Waals surface area contributed by atoms with Gasteiger partial charge in [-0.05, 0) is 59.5 Å². The van der Waals surface area contributed by atoms with Gasteiger partial charge in [0.05, 0.1) is 26.2 Å². The number of hydrogen-bond acceptors (Lipinski definition) is 10. The molecular formula is C34H34N2O9S. The highest BCUT2D eigenvalue weighted by molar-refractivity contribution is 8.00. The van der Waals surface area contributed by atoms with Gasteiger partial charge >= 0.3 is 11.9 Å². The van der Waals surface area contributed by atoms with Gasteiger partial charge in [-0.3, -0.25) is 14.5 Å². The SMILES string of the molecule is COc1ccc(COC(=O)C2=C(C)[C@@H](OC)S[C@@H]3[C@@H](NC(=O)Cc4ccccc4C(=O)OCc4ccc(OC)cc4)C(=O)N23)cc1. The number of fused-ring (bicyclic) bond motifs is 1. The standard InChI is InChI=1S/C34H34N2O9S/c1-20-29(33(40)45-19-22-11-15-25(42-3)16-12-22)36-30(38)28(31(36)46-34(20)43-4)35-27(37)17-23-7-5-6-8-26(23)32(39)44-18-21-9-13-24(41-2)14-10-21/h5-16,28,31,34H,17-19H2,1-4H3,(H,35,37)/t28-,31+,34-/m0/s1. The zero-order valence-corrected chi connectivity index (χ0v) is 26.6. The van der Waals surface area contributed by atoms with E-state index in [-0.39, 0.29) is 30.9 Å². The molecule has 1 N–H and O–H groups in total. The first-order valence-electron chi connectivity index (χ1n) is 14.4. The number of nitrogens with one attached hydrogen (secondary N) is 1. The maximum atomic E-state index is 13.3. The fourth-order valence-corrected chi connectivity index (χ4v) is 6.51. The molecule has 1 saturated heterocycles. The van der Waals surface area contributed by atoms with Gasteiger partial charge in [0, 0.05) is 7.11 Å². The maximum absolute atomic E-state index is 13.3. The van der Waals surface area contributed by atoms with E-state index in [0.29, 0.717) is 22.6 Å². The number of esters is 2. The number of hydrogen-bond donors (Lipinski definition) is 1. The van der Waals surface area contributed by atoms with Gasteiger partial charge < -0.3 is 29.0 Å². The van der Waals surface area contributed by atoms with E-state index >= 15 is 0 Å². The smallest absolute Gasteiger partial charge is 0.355 e. The van der Waals surface area contributed by atoms with Crippen molar-refractivity contribution in [3.8, 4) is 11.5 Å². The molecule has 2 aliphatic heterocycles. The molecule has 2 heterocycles. The minimum absolute atomic E-state index is 0.000793. The zero-order chi connectivity index (χ0) is 32.8. The third kappa shape index (κ3) is 7.03. The summed E-state index contributed by atoms with van der Waals surface area (Å²) in [6.07, 6.45) is -0.158. The molecule has 2 amide bonds. The van der Waals surface area contributed by atoms with Gasteiger partial charge in [0.15, 0.2) is 0 Å². The summed E-state index contributed by atoms with van der Waals surface area (Å²) in [5.41, 5.74) is 2.35. The van der Waals surface area contributed by atoms with E-state index in [1.807, 2.05) is 0 Å². The molecule has 0 radical (unpaired) electrons. The van der Waals surface area contributed by atoms with Crippen LogP contribution < -0.4 is 14.8 Å². The normalized spacial score (nSPS) is 18.7. The molecule has 1 fully saturated rings. The van der Waals surface area contributed by atoms with Gasteiger partial charge in [-0.2, -0.15) is 0 Å². The highest BCUT2D eigenvalue weighted by Gasteiger charge is 2.56. The van der Waals surface area contributed by atoms with Crippen LogP contribution in [0.15, 0.2) is 84.1 Å². The number of amides is 2. The summed E-state index contributed by atoms with van der Waals surface area (Å²) in [5, 5.41) is 2.19. The quantitative estimate of drug-likeness (QED) is 0.228. The fraction of sp³-hybridized carbons (Fsp3) is 0.294. The van der Waals surface area contributed by atoms with Gasteiger partial charge in [0.25, 0.3) is 5.91 Å². The lowest BCUT2D eigenvalue weighted by atomic mass is 10.0. The number of carbonyl (C=O) groups is 4. The van der Waals surface area contributed by atoms with Crippen molar-refractivity contribution >= 4 is 35.5 Å². The third-order valence-corrected chi connectivity index (χ3v) is 9.20. The van der Waals surface area contributed by atoms with Crippen LogP contribution in [0.25, 0.3) is 0 Å². The van der Waals surface area contributed by atoms with Gasteiger partial charge in [-0.15, -0.1) is 0 Å². The van der Waals surface area contributed by atoms with Crippen molar-refractivity contribution in [2.24, 2.45) is 0 Å². The van der Waals surface area contributed by atoms with Crippen molar-refractivity contribution in [1.82, 2.24) is 10.2 Å². The number of carbonyl (C=O) groups excluding carboxylic acids is 4. The van der Waals surface area contributed by atoms with E-state index in [0.717, 1.165) is 11.1 Å². The molecule has 11 nitrogen and oxygen atoms in total. The Morgan fingerprint density at radius 3 is 1.93 bits per heavy atom. The first-order valence-corrected chi connectivity index (χ1v) is 15.4. The third-order valence-electron chi connectivity index (χ3n) is 7.64. The number of nitrogens with zero attached hydrogens (tertiary/aromatic N) is 1. The van der Waals surface area contributed by atoms with Crippen LogP contribution in [0, 0.1) is 0 Å². The molecule has 3 aromatic carbocycles. The lowest BCUT2D eigenvalue weighted by Gasteiger charge is -2.51. The Morgan fingerprint density at radius 2 is 1.37 bits per heavy atom. The number of thioether (sulfide) groups is 1. The molecule has 0 unspecified atom stereocenters. The zero-order valence-electron chi connectivity index (χ0n) is 25.8. The van der Waals surface area contributed by atoms with E-state index in [9.17, 15) is 19.2 Å². The fourth-order valence-electron chi connectivity index (χ4n) is 5.15. The van der Waals surface area contributed by atoms with Gasteiger partial charge in [0.1, 0.15) is 47.3 Å². The molecule has 5 rings (SSSR count). The number of β-lactam (4-membered cyclic amide) rings is 1. The average Bonchev–Trinajstić information content (AvgIpc) is 3.09. The number of benzene rings is 3. The number of ether oxygens (including phenoxy) is 5. The van der Waals surface area contributed by atoms with E-state index in [4.69, 9.17) is 23.7 Å². The second kappa shape index (κ2) is 14.5. The summed E-state index contributed by atoms with van der Waals surface area (Å²) in [6.45, 7) is 1.76. The Balaban J connectivity index is 1.21. The van der Waals surface area contributed by atoms with Crippen molar-refractivity contribution in [3.05, 3.63) is 106 Å². The molecule has 46 heavy (non-hydrogen) atoms. The highest BCUT2D eigenvalue weighted by atomic mass is 32.2. The minimum Gasteiger partial charge on any atom is -0.497 e. The van der Waals surface area contributed by atoms with E-state index in [2.05, 4.69) is 5.32 Å². The molecule has 0 aliphatic carbocycles. The monoisotopic (exact) mass is 646 g/mol. The van der Waals surface area contributed by atoms with Crippen molar-refractivity contribution in [2.45, 2.75) is 43.4 Å². The van der Waals surface area contributed by atoms with Crippen LogP contribution in [0.2, 0.25) is 0 Å². The van der Waals surface area contributed by atoms with Gasteiger partial charge in [-0.1, -0.05) is 54.2 Å². The summed E-state index contributed by atoms with van der Waals surface area (Å²) < 4.78 is 27.0. The lowest BCUT2D eigenvalue weighted by molar-refractivity contribution is -0.153. The van der Waals surface area contributed by atoms with Crippen LogP contribution in [0.4, 0.5) is 0 Å². The van der Waals surface area contributed by atoms with Gasteiger partial charge in [-0.25, -0.2) is 9.59 Å². The summed E-state index contributed by atoms with van der Waals surface area (Å²) in [4.78, 5) is 54.1. The van der Waals surface area contributed by atoms with Crippen molar-refractivity contribution in [3.63, 3.8) is 0 Å². The summed E-state index contributed by atoms with van der Waals surface area (Å²) in [5.74, 6) is -0.775. The largest absolute Gasteiger partial charge is 0.497 e. The van der Waals surface area contributed by atoms with Crippen LogP contribution in [0.1, 0.15) is 34.0 Å². The number of methoxy groups -OCH3 is 3. The Hall–Kier alpha value is -4.81. The van der Waals surface area contributed by atoms with Crippen LogP contribution in [-0.4, -0.2) is 66.8 Å². The van der Waals surface area contributed by atoms with E-state index in [1.165, 1.54) is 23.8 Å². The van der Waals surface area contributed by atoms with Gasteiger partial charge in [0.2, 0.25) is 5.91 Å². The summed E-state index contributed by atoms with van der Waals surface area (Å²) in [6, 6.07) is 20.0. The predicted molar refractivity (Wildman–Crippen MR) is 169 cm³/mol. The Kier molecular flexibility index (Phi) is 10.3. The molecule has 0 spiro atoms. The molecular weight excluding hydrogens is 612 g/mol. The molecule has 0 aromatic heterocycles. The predicted octanol–water partition coefficient (Wildman–Crippen LogP) is 3.99. The Bertz CT molecular complexity index is 1640. The van der Waals surface area contributed by atoms with Crippen LogP contribution >= 0.6 is 11.8 Å². The molecule has 240 valence electrons. The highest BCUT2D eigenvalue weighted by Crippen LogP contribution is 2.44. The average molecular weight is 647 g/mol. The lowest BCUT2D eigenvalue weighted by Crippen LogP contribution is -2.71. The van der Waals surface area contributed by atoms with E-state index < -0.39 is 40.6 Å². The molecule has 0 saturated carbocycles. The second-order valence-electron chi connectivity index (χ2n) is 10.6. The van der Waals surface area contributed by atoms with Crippen LogP contribution in [-0.2, 0) is 48.2 Å². The first kappa shape index (κ1) is 32.6. The van der Waals surface area contributed by atoms with Crippen molar-refractivity contribution in [2.75, 3.05) is 21.3 Å².